The number of nitrogens with two attached hydrogens (primary N) is 1. The molecule has 2 aromatic rings. The van der Waals surface area contributed by atoms with Crippen LogP contribution in [0.5, 0.6) is 5.75 Å². The summed E-state index contributed by atoms with van der Waals surface area (Å²) in [6, 6.07) is 11.7. The van der Waals surface area contributed by atoms with Gasteiger partial charge in [0.25, 0.3) is 5.91 Å². The van der Waals surface area contributed by atoms with E-state index in [0.29, 0.717) is 27.7 Å². The van der Waals surface area contributed by atoms with Crippen LogP contribution in [0.1, 0.15) is 24.2 Å². The van der Waals surface area contributed by atoms with Crippen LogP contribution in [0.15, 0.2) is 42.5 Å². The van der Waals surface area contributed by atoms with Crippen LogP contribution in [0.2, 0.25) is 5.02 Å². The van der Waals surface area contributed by atoms with E-state index in [9.17, 15) is 9.59 Å². The minimum absolute atomic E-state index is 0.00436. The second kappa shape index (κ2) is 7.84. The Morgan fingerprint density at radius 1 is 1.21 bits per heavy atom. The Morgan fingerprint density at radius 3 is 2.54 bits per heavy atom. The van der Waals surface area contributed by atoms with Crippen molar-refractivity contribution in [2.45, 2.75) is 13.8 Å². The largest absolute Gasteiger partial charge is 0.482 e. The lowest BCUT2D eigenvalue weighted by atomic mass is 10.0. The predicted octanol–water partition coefficient (Wildman–Crippen LogP) is 3.78. The number of nitrogens with one attached hydrogen (secondary N) is 1. The number of halogens is 1. The summed E-state index contributed by atoms with van der Waals surface area (Å²) in [7, 11) is 0. The zero-order valence-corrected chi connectivity index (χ0v) is 14.3. The van der Waals surface area contributed by atoms with Crippen LogP contribution in [0, 0.1) is 5.92 Å². The molecule has 0 saturated heterocycles. The Kier molecular flexibility index (Phi) is 5.82. The number of ether oxygens (including phenoxy) is 1. The van der Waals surface area contributed by atoms with E-state index in [0.717, 1.165) is 0 Å². The first-order valence-corrected chi connectivity index (χ1v) is 7.87. The Bertz CT molecular complexity index is 760. The average Bonchev–Trinajstić information content (AvgIpc) is 2.55. The number of rotatable bonds is 6. The van der Waals surface area contributed by atoms with Crippen molar-refractivity contribution in [2.24, 2.45) is 5.92 Å². The second-order valence-corrected chi connectivity index (χ2v) is 6.00. The van der Waals surface area contributed by atoms with E-state index in [1.54, 1.807) is 42.5 Å². The van der Waals surface area contributed by atoms with Gasteiger partial charge >= 0.3 is 0 Å². The van der Waals surface area contributed by atoms with E-state index in [4.69, 9.17) is 22.1 Å². The van der Waals surface area contributed by atoms with Crippen LogP contribution in [0.25, 0.3) is 0 Å². The van der Waals surface area contributed by atoms with Gasteiger partial charge in [0.05, 0.1) is 16.4 Å². The van der Waals surface area contributed by atoms with Crippen molar-refractivity contribution in [1.29, 1.82) is 0 Å². The maximum Gasteiger partial charge on any atom is 0.262 e. The molecule has 1 amide bonds. The minimum Gasteiger partial charge on any atom is -0.482 e. The number of para-hydroxylation sites is 1. The maximum absolute atomic E-state index is 11.9. The topological polar surface area (TPSA) is 81.4 Å². The zero-order valence-electron chi connectivity index (χ0n) is 13.5. The van der Waals surface area contributed by atoms with Gasteiger partial charge in [0.15, 0.2) is 12.4 Å². The molecule has 0 unspecified atom stereocenters. The molecular formula is C18H19ClN2O3. The number of anilines is 2. The third-order valence-electron chi connectivity index (χ3n) is 3.33. The fourth-order valence-corrected chi connectivity index (χ4v) is 2.24. The summed E-state index contributed by atoms with van der Waals surface area (Å²) in [5, 5.41) is 3.10. The highest BCUT2D eigenvalue weighted by Gasteiger charge is 2.13. The molecule has 3 N–H and O–H groups in total. The second-order valence-electron chi connectivity index (χ2n) is 5.59. The summed E-state index contributed by atoms with van der Waals surface area (Å²) >= 11 is 5.98. The van der Waals surface area contributed by atoms with E-state index >= 15 is 0 Å². The van der Waals surface area contributed by atoms with Crippen LogP contribution in [-0.2, 0) is 4.79 Å². The van der Waals surface area contributed by atoms with Gasteiger partial charge < -0.3 is 15.8 Å². The predicted molar refractivity (Wildman–Crippen MR) is 95.6 cm³/mol. The molecule has 0 spiro atoms. The summed E-state index contributed by atoms with van der Waals surface area (Å²) in [6.07, 6.45) is 0. The first-order chi connectivity index (χ1) is 11.4. The highest BCUT2D eigenvalue weighted by molar-refractivity contribution is 6.33. The van der Waals surface area contributed by atoms with E-state index in [1.165, 1.54) is 0 Å². The number of hydrogen-bond acceptors (Lipinski definition) is 4. The highest BCUT2D eigenvalue weighted by atomic mass is 35.5. The van der Waals surface area contributed by atoms with Crippen LogP contribution in [0.3, 0.4) is 0 Å². The van der Waals surface area contributed by atoms with Crippen molar-refractivity contribution in [3.8, 4) is 5.75 Å². The van der Waals surface area contributed by atoms with Crippen molar-refractivity contribution < 1.29 is 14.3 Å². The monoisotopic (exact) mass is 346 g/mol. The van der Waals surface area contributed by atoms with Gasteiger partial charge in [0.2, 0.25) is 0 Å². The summed E-state index contributed by atoms with van der Waals surface area (Å²) in [6.45, 7) is 3.43. The fraction of sp³-hybridized carbons (Fsp3) is 0.222. The molecule has 0 aromatic heterocycles. The first-order valence-electron chi connectivity index (χ1n) is 7.49. The first kappa shape index (κ1) is 17.8. The lowest BCUT2D eigenvalue weighted by molar-refractivity contribution is -0.118. The van der Waals surface area contributed by atoms with Crippen molar-refractivity contribution in [2.75, 3.05) is 17.7 Å². The fourth-order valence-electron chi connectivity index (χ4n) is 2.06. The number of benzene rings is 2. The van der Waals surface area contributed by atoms with Gasteiger partial charge in [-0.05, 0) is 30.3 Å². The molecule has 2 aromatic carbocycles. The van der Waals surface area contributed by atoms with E-state index in [-0.39, 0.29) is 24.2 Å². The average molecular weight is 347 g/mol. The van der Waals surface area contributed by atoms with Crippen molar-refractivity contribution in [3.63, 3.8) is 0 Å². The number of Topliss-reactive ketones (excluding diaryl/α,β-unsaturated/α-hetero) is 1. The molecule has 0 bridgehead atoms. The molecule has 0 aliphatic carbocycles. The molecule has 6 heteroatoms. The van der Waals surface area contributed by atoms with Gasteiger partial charge in [0.1, 0.15) is 5.75 Å². The van der Waals surface area contributed by atoms with Gasteiger partial charge in [-0.25, -0.2) is 0 Å². The number of carbonyl (C=O) groups excluding carboxylic acids is 2. The zero-order chi connectivity index (χ0) is 17.7. The number of ketones is 1. The van der Waals surface area contributed by atoms with Crippen molar-refractivity contribution >= 4 is 34.7 Å². The number of amides is 1. The standard InChI is InChI=1S/C18H19ClN2O3/c1-11(2)18(23)12-7-8-16(14(20)9-12)24-10-17(22)21-15-6-4-3-5-13(15)19/h3-9,11H,10,20H2,1-2H3,(H,21,22). The number of carbonyl (C=O) groups is 2. The molecule has 0 saturated carbocycles. The Hall–Kier alpha value is -2.53. The molecule has 0 fully saturated rings. The summed E-state index contributed by atoms with van der Waals surface area (Å²) in [5.41, 5.74) is 7.24. The van der Waals surface area contributed by atoms with Crippen molar-refractivity contribution in [1.82, 2.24) is 0 Å². The quantitative estimate of drug-likeness (QED) is 0.616. The highest BCUT2D eigenvalue weighted by Crippen LogP contribution is 2.24. The molecule has 0 atom stereocenters. The molecule has 0 radical (unpaired) electrons. The number of nitrogen functional groups attached to an aromatic ring is 1. The molecule has 2 rings (SSSR count). The van der Waals surface area contributed by atoms with E-state index in [2.05, 4.69) is 5.32 Å². The van der Waals surface area contributed by atoms with Gasteiger partial charge in [-0.15, -0.1) is 0 Å². The molecule has 5 nitrogen and oxygen atoms in total. The molecule has 0 heterocycles. The third-order valence-corrected chi connectivity index (χ3v) is 3.65. The van der Waals surface area contributed by atoms with Gasteiger partial charge in [-0.2, -0.15) is 0 Å². The molecule has 126 valence electrons. The van der Waals surface area contributed by atoms with Crippen LogP contribution in [-0.4, -0.2) is 18.3 Å². The lowest BCUT2D eigenvalue weighted by Crippen LogP contribution is -2.20. The van der Waals surface area contributed by atoms with Gasteiger partial charge in [-0.1, -0.05) is 37.6 Å². The molecule has 0 aliphatic heterocycles. The summed E-state index contributed by atoms with van der Waals surface area (Å²) in [4.78, 5) is 23.9. The van der Waals surface area contributed by atoms with E-state index in [1.807, 2.05) is 13.8 Å². The SMILES string of the molecule is CC(C)C(=O)c1ccc(OCC(=O)Nc2ccccc2Cl)c(N)c1. The Morgan fingerprint density at radius 2 is 1.92 bits per heavy atom. The molecule has 0 aliphatic rings. The van der Waals surface area contributed by atoms with Crippen molar-refractivity contribution in [3.05, 3.63) is 53.1 Å². The van der Waals surface area contributed by atoms with E-state index < -0.39 is 0 Å². The maximum atomic E-state index is 11.9. The summed E-state index contributed by atoms with van der Waals surface area (Å²) < 4.78 is 5.41. The molecular weight excluding hydrogens is 328 g/mol. The van der Waals surface area contributed by atoms with Crippen LogP contribution in [0.4, 0.5) is 11.4 Å². The summed E-state index contributed by atoms with van der Waals surface area (Å²) in [5.74, 6) is -0.114. The lowest BCUT2D eigenvalue weighted by Gasteiger charge is -2.11. The smallest absolute Gasteiger partial charge is 0.262 e. The normalized spacial score (nSPS) is 10.5. The van der Waals surface area contributed by atoms with Crippen LogP contribution >= 0.6 is 11.6 Å². The van der Waals surface area contributed by atoms with Gasteiger partial charge in [-0.3, -0.25) is 9.59 Å². The Balaban J connectivity index is 1.98. The Labute approximate surface area is 145 Å². The minimum atomic E-state index is -0.357. The van der Waals surface area contributed by atoms with Gasteiger partial charge in [0, 0.05) is 11.5 Å². The van der Waals surface area contributed by atoms with Crippen LogP contribution < -0.4 is 15.8 Å². The third kappa shape index (κ3) is 4.49. The molecule has 24 heavy (non-hydrogen) atoms. The number of hydrogen-bond donors (Lipinski definition) is 2.